The number of rotatable bonds is 6. The van der Waals surface area contributed by atoms with Crippen LogP contribution in [0.2, 0.25) is 5.02 Å². The van der Waals surface area contributed by atoms with Crippen molar-refractivity contribution in [2.75, 3.05) is 13.1 Å². The van der Waals surface area contributed by atoms with Crippen LogP contribution in [-0.4, -0.2) is 34.8 Å². The van der Waals surface area contributed by atoms with Crippen molar-refractivity contribution in [2.24, 2.45) is 0 Å². The van der Waals surface area contributed by atoms with Crippen LogP contribution >= 0.6 is 11.6 Å². The first kappa shape index (κ1) is 17.9. The number of hydrogen-bond acceptors (Lipinski definition) is 3. The Morgan fingerprint density at radius 2 is 1.88 bits per heavy atom. The molecule has 1 aromatic carbocycles. The minimum absolute atomic E-state index is 0.0107. The molecule has 5 nitrogen and oxygen atoms in total. The number of pyridine rings is 1. The maximum atomic E-state index is 12.4. The predicted molar refractivity (Wildman–Crippen MR) is 93.9 cm³/mol. The zero-order valence-electron chi connectivity index (χ0n) is 13.8. The lowest BCUT2D eigenvalue weighted by molar-refractivity contribution is -0.121. The van der Waals surface area contributed by atoms with Crippen LogP contribution in [0.1, 0.15) is 28.5 Å². The molecule has 24 heavy (non-hydrogen) atoms. The number of hydrogen-bond donors (Lipinski definition) is 1. The number of benzene rings is 1. The van der Waals surface area contributed by atoms with Crippen LogP contribution in [-0.2, 0) is 11.3 Å². The molecule has 0 fully saturated rings. The monoisotopic (exact) mass is 345 g/mol. The Kier molecular flexibility index (Phi) is 6.32. The number of carbonyl (C=O) groups excluding carboxylic acids is 2. The summed E-state index contributed by atoms with van der Waals surface area (Å²) in [6.07, 6.45) is 1.53. The number of nitrogens with one attached hydrogen (secondary N) is 1. The summed E-state index contributed by atoms with van der Waals surface area (Å²) in [7, 11) is 0. The molecule has 0 unspecified atom stereocenters. The van der Waals surface area contributed by atoms with Crippen LogP contribution in [0.25, 0.3) is 0 Å². The Labute approximate surface area is 146 Å². The SMILES string of the molecule is CCN(CC(=O)NCc1ccc(Cl)cc1)C(=O)c1ccc(C)nc1. The van der Waals surface area contributed by atoms with Crippen molar-refractivity contribution in [3.05, 3.63) is 64.4 Å². The van der Waals surface area contributed by atoms with E-state index >= 15 is 0 Å². The minimum atomic E-state index is -0.208. The molecule has 0 spiro atoms. The number of amides is 2. The molecule has 0 bridgehead atoms. The molecular weight excluding hydrogens is 326 g/mol. The molecule has 1 aromatic heterocycles. The molecule has 1 N–H and O–H groups in total. The van der Waals surface area contributed by atoms with Crippen LogP contribution in [0.3, 0.4) is 0 Å². The first-order valence-corrected chi connectivity index (χ1v) is 8.10. The third-order valence-corrected chi connectivity index (χ3v) is 3.82. The summed E-state index contributed by atoms with van der Waals surface area (Å²) < 4.78 is 0. The van der Waals surface area contributed by atoms with E-state index in [4.69, 9.17) is 11.6 Å². The molecule has 0 atom stereocenters. The number of likely N-dealkylation sites (N-methyl/N-ethyl adjacent to an activating group) is 1. The molecule has 2 amide bonds. The lowest BCUT2D eigenvalue weighted by Crippen LogP contribution is -2.40. The first-order chi connectivity index (χ1) is 11.5. The molecule has 6 heteroatoms. The number of aromatic nitrogens is 1. The van der Waals surface area contributed by atoms with Crippen LogP contribution in [0, 0.1) is 6.92 Å². The third-order valence-electron chi connectivity index (χ3n) is 3.56. The molecule has 2 rings (SSSR count). The molecule has 0 saturated heterocycles. The van der Waals surface area contributed by atoms with E-state index < -0.39 is 0 Å². The van der Waals surface area contributed by atoms with Gasteiger partial charge in [-0.2, -0.15) is 0 Å². The van der Waals surface area contributed by atoms with Gasteiger partial charge in [0.1, 0.15) is 0 Å². The molecule has 0 aliphatic heterocycles. The smallest absolute Gasteiger partial charge is 0.255 e. The molecule has 0 aliphatic carbocycles. The second kappa shape index (κ2) is 8.45. The summed E-state index contributed by atoms with van der Waals surface area (Å²) in [4.78, 5) is 30.1. The van der Waals surface area contributed by atoms with Gasteiger partial charge in [-0.1, -0.05) is 23.7 Å². The number of halogens is 1. The topological polar surface area (TPSA) is 62.3 Å². The van der Waals surface area contributed by atoms with E-state index in [2.05, 4.69) is 10.3 Å². The van der Waals surface area contributed by atoms with E-state index in [9.17, 15) is 9.59 Å². The highest BCUT2D eigenvalue weighted by Crippen LogP contribution is 2.09. The maximum Gasteiger partial charge on any atom is 0.255 e. The molecule has 0 radical (unpaired) electrons. The van der Waals surface area contributed by atoms with E-state index in [1.807, 2.05) is 26.0 Å². The van der Waals surface area contributed by atoms with Gasteiger partial charge in [-0.25, -0.2) is 0 Å². The van der Waals surface area contributed by atoms with Crippen molar-refractivity contribution >= 4 is 23.4 Å². The van der Waals surface area contributed by atoms with Gasteiger partial charge >= 0.3 is 0 Å². The van der Waals surface area contributed by atoms with Gasteiger partial charge in [-0.15, -0.1) is 0 Å². The molecule has 126 valence electrons. The van der Waals surface area contributed by atoms with Crippen molar-refractivity contribution in [3.8, 4) is 0 Å². The van der Waals surface area contributed by atoms with Gasteiger partial charge in [0.05, 0.1) is 12.1 Å². The average Bonchev–Trinajstić information content (AvgIpc) is 2.59. The van der Waals surface area contributed by atoms with E-state index in [1.165, 1.54) is 11.1 Å². The standard InChI is InChI=1S/C18H20ClN3O2/c1-3-22(18(24)15-7-4-13(2)20-11-15)12-17(23)21-10-14-5-8-16(19)9-6-14/h4-9,11H,3,10,12H2,1-2H3,(H,21,23). The Balaban J connectivity index is 1.91. The highest BCUT2D eigenvalue weighted by Gasteiger charge is 2.17. The van der Waals surface area contributed by atoms with Gasteiger partial charge in [0.15, 0.2) is 0 Å². The Morgan fingerprint density at radius 1 is 1.17 bits per heavy atom. The first-order valence-electron chi connectivity index (χ1n) is 7.72. The Morgan fingerprint density at radius 3 is 2.46 bits per heavy atom. The van der Waals surface area contributed by atoms with Gasteiger partial charge in [-0.05, 0) is 43.7 Å². The zero-order valence-corrected chi connectivity index (χ0v) is 14.5. The van der Waals surface area contributed by atoms with Crippen molar-refractivity contribution in [3.63, 3.8) is 0 Å². The van der Waals surface area contributed by atoms with Gasteiger partial charge < -0.3 is 10.2 Å². The summed E-state index contributed by atoms with van der Waals surface area (Å²) in [5.74, 6) is -0.410. The second-order valence-electron chi connectivity index (χ2n) is 5.41. The molecule has 0 saturated carbocycles. The van der Waals surface area contributed by atoms with Gasteiger partial charge in [0, 0.05) is 30.0 Å². The molecular formula is C18H20ClN3O2. The lowest BCUT2D eigenvalue weighted by Gasteiger charge is -2.20. The summed E-state index contributed by atoms with van der Waals surface area (Å²) in [6.45, 7) is 4.55. The van der Waals surface area contributed by atoms with Crippen LogP contribution in [0.5, 0.6) is 0 Å². The fraction of sp³-hybridized carbons (Fsp3) is 0.278. The predicted octanol–water partition coefficient (Wildman–Crippen LogP) is 2.82. The highest BCUT2D eigenvalue weighted by molar-refractivity contribution is 6.30. The summed E-state index contributed by atoms with van der Waals surface area (Å²) in [5.41, 5.74) is 2.27. The number of carbonyl (C=O) groups is 2. The summed E-state index contributed by atoms with van der Waals surface area (Å²) >= 11 is 5.83. The van der Waals surface area contributed by atoms with Gasteiger partial charge in [0.2, 0.25) is 5.91 Å². The lowest BCUT2D eigenvalue weighted by atomic mass is 10.2. The van der Waals surface area contributed by atoms with E-state index in [0.717, 1.165) is 11.3 Å². The van der Waals surface area contributed by atoms with E-state index in [-0.39, 0.29) is 18.4 Å². The van der Waals surface area contributed by atoms with E-state index in [0.29, 0.717) is 23.7 Å². The van der Waals surface area contributed by atoms with Gasteiger partial charge in [0.25, 0.3) is 5.91 Å². The zero-order chi connectivity index (χ0) is 17.5. The van der Waals surface area contributed by atoms with Crippen LogP contribution < -0.4 is 5.32 Å². The Hall–Kier alpha value is -2.40. The molecule has 2 aromatic rings. The summed E-state index contributed by atoms with van der Waals surface area (Å²) in [5, 5.41) is 3.46. The van der Waals surface area contributed by atoms with Crippen molar-refractivity contribution in [2.45, 2.75) is 20.4 Å². The highest BCUT2D eigenvalue weighted by atomic mass is 35.5. The van der Waals surface area contributed by atoms with Crippen LogP contribution in [0.15, 0.2) is 42.6 Å². The van der Waals surface area contributed by atoms with Crippen molar-refractivity contribution in [1.82, 2.24) is 15.2 Å². The number of aryl methyl sites for hydroxylation is 1. The molecule has 0 aliphatic rings. The fourth-order valence-electron chi connectivity index (χ4n) is 2.14. The van der Waals surface area contributed by atoms with Crippen molar-refractivity contribution in [1.29, 1.82) is 0 Å². The average molecular weight is 346 g/mol. The van der Waals surface area contributed by atoms with E-state index in [1.54, 1.807) is 24.3 Å². The van der Waals surface area contributed by atoms with Gasteiger partial charge in [-0.3, -0.25) is 14.6 Å². The largest absolute Gasteiger partial charge is 0.350 e. The van der Waals surface area contributed by atoms with Crippen LogP contribution in [0.4, 0.5) is 0 Å². The molecule has 1 heterocycles. The normalized spacial score (nSPS) is 10.3. The van der Waals surface area contributed by atoms with Crippen molar-refractivity contribution < 1.29 is 9.59 Å². The summed E-state index contributed by atoms with van der Waals surface area (Å²) in [6, 6.07) is 10.7. The Bertz CT molecular complexity index is 699. The maximum absolute atomic E-state index is 12.4. The third kappa shape index (κ3) is 5.06. The second-order valence-corrected chi connectivity index (χ2v) is 5.85. The number of nitrogens with zero attached hydrogens (tertiary/aromatic N) is 2. The fourth-order valence-corrected chi connectivity index (χ4v) is 2.26. The quantitative estimate of drug-likeness (QED) is 0.875. The minimum Gasteiger partial charge on any atom is -0.350 e.